The lowest BCUT2D eigenvalue weighted by atomic mass is 9.84. The van der Waals surface area contributed by atoms with Gasteiger partial charge < -0.3 is 16.0 Å². The van der Waals surface area contributed by atoms with Gasteiger partial charge in [0.05, 0.1) is 11.3 Å². The number of nitrogens with one attached hydrogen (secondary N) is 1. The van der Waals surface area contributed by atoms with Crippen LogP contribution >= 0.6 is 12.2 Å². The number of hydrogen-bond acceptors (Lipinski definition) is 4. The van der Waals surface area contributed by atoms with Crippen molar-refractivity contribution in [1.29, 1.82) is 0 Å². The predicted molar refractivity (Wildman–Crippen MR) is 80.4 cm³/mol. The summed E-state index contributed by atoms with van der Waals surface area (Å²) >= 11 is 5.16. The van der Waals surface area contributed by atoms with Crippen LogP contribution in [-0.4, -0.2) is 45.3 Å². The predicted octanol–water partition coefficient (Wildman–Crippen LogP) is 0.869. The SMILES string of the molecule is Cc1nn(C)c(NC2CN3CCC2CC3)c1C(N)=S. The second kappa shape index (κ2) is 4.76. The molecule has 0 spiro atoms. The molecule has 0 amide bonds. The number of piperidine rings is 3. The lowest BCUT2D eigenvalue weighted by Crippen LogP contribution is -2.53. The van der Waals surface area contributed by atoms with Crippen LogP contribution in [-0.2, 0) is 7.05 Å². The van der Waals surface area contributed by atoms with Crippen molar-refractivity contribution in [3.05, 3.63) is 11.3 Å². The highest BCUT2D eigenvalue weighted by molar-refractivity contribution is 7.80. The summed E-state index contributed by atoms with van der Waals surface area (Å²) in [6.07, 6.45) is 2.58. The molecule has 1 aromatic rings. The normalized spacial score (nSPS) is 29.5. The fraction of sp³-hybridized carbons (Fsp3) is 0.692. The summed E-state index contributed by atoms with van der Waals surface area (Å²) in [5, 5.41) is 8.08. The Balaban J connectivity index is 1.85. The maximum absolute atomic E-state index is 5.84. The second-order valence-electron chi connectivity index (χ2n) is 5.69. The number of hydrogen-bond donors (Lipinski definition) is 2. The average Bonchev–Trinajstić information content (AvgIpc) is 2.65. The van der Waals surface area contributed by atoms with Gasteiger partial charge in [0.15, 0.2) is 0 Å². The molecule has 1 atom stereocenters. The van der Waals surface area contributed by atoms with Gasteiger partial charge in [-0.3, -0.25) is 4.68 Å². The molecule has 3 aliphatic rings. The number of aromatic nitrogens is 2. The monoisotopic (exact) mass is 279 g/mol. The lowest BCUT2D eigenvalue weighted by molar-refractivity contribution is 0.0972. The quantitative estimate of drug-likeness (QED) is 0.804. The van der Waals surface area contributed by atoms with E-state index in [1.54, 1.807) is 0 Å². The number of anilines is 1. The molecule has 0 aliphatic carbocycles. The van der Waals surface area contributed by atoms with Crippen LogP contribution in [0.2, 0.25) is 0 Å². The zero-order valence-electron chi connectivity index (χ0n) is 11.5. The number of rotatable bonds is 3. The number of aryl methyl sites for hydroxylation is 2. The van der Waals surface area contributed by atoms with E-state index in [0.29, 0.717) is 11.0 Å². The molecule has 0 aromatic carbocycles. The van der Waals surface area contributed by atoms with E-state index in [1.165, 1.54) is 25.9 Å². The molecule has 3 aliphatic heterocycles. The molecule has 4 rings (SSSR count). The zero-order chi connectivity index (χ0) is 13.6. The number of nitrogens with two attached hydrogens (primary N) is 1. The first-order valence-corrected chi connectivity index (χ1v) is 7.29. The Hall–Kier alpha value is -1.14. The molecule has 4 heterocycles. The number of fused-ring (bicyclic) bond motifs is 3. The first-order valence-electron chi connectivity index (χ1n) is 6.88. The third-order valence-electron chi connectivity index (χ3n) is 4.45. The highest BCUT2D eigenvalue weighted by atomic mass is 32.1. The molecule has 19 heavy (non-hydrogen) atoms. The highest BCUT2D eigenvalue weighted by Crippen LogP contribution is 2.31. The maximum Gasteiger partial charge on any atom is 0.134 e. The topological polar surface area (TPSA) is 59.1 Å². The summed E-state index contributed by atoms with van der Waals surface area (Å²) in [6.45, 7) is 5.56. The Morgan fingerprint density at radius 3 is 2.63 bits per heavy atom. The Kier molecular flexibility index (Phi) is 3.22. The standard InChI is InChI=1S/C13H21N5S/c1-8-11(12(14)19)13(17(2)16-8)15-10-7-18-5-3-9(10)4-6-18/h9-10,15H,3-7H2,1-2H3,(H2,14,19). The highest BCUT2D eigenvalue weighted by Gasteiger charge is 2.35. The molecule has 3 N–H and O–H groups in total. The van der Waals surface area contributed by atoms with Gasteiger partial charge in [0, 0.05) is 19.6 Å². The van der Waals surface area contributed by atoms with E-state index >= 15 is 0 Å². The number of thiocarbonyl (C=S) groups is 1. The minimum absolute atomic E-state index is 0.425. The van der Waals surface area contributed by atoms with Crippen molar-refractivity contribution >= 4 is 23.0 Å². The van der Waals surface area contributed by atoms with Gasteiger partial charge in [-0.25, -0.2) is 0 Å². The largest absolute Gasteiger partial charge is 0.389 e. The van der Waals surface area contributed by atoms with Crippen LogP contribution in [0.1, 0.15) is 24.1 Å². The zero-order valence-corrected chi connectivity index (χ0v) is 12.3. The minimum atomic E-state index is 0.425. The molecule has 5 nitrogen and oxygen atoms in total. The van der Waals surface area contributed by atoms with Crippen LogP contribution in [0.3, 0.4) is 0 Å². The van der Waals surface area contributed by atoms with Crippen LogP contribution < -0.4 is 11.1 Å². The third kappa shape index (κ3) is 2.23. The van der Waals surface area contributed by atoms with E-state index in [0.717, 1.165) is 29.5 Å². The summed E-state index contributed by atoms with van der Waals surface area (Å²) in [4.78, 5) is 2.95. The molecule has 3 fully saturated rings. The Morgan fingerprint density at radius 1 is 1.42 bits per heavy atom. The van der Waals surface area contributed by atoms with Gasteiger partial charge in [-0.1, -0.05) is 12.2 Å². The summed E-state index contributed by atoms with van der Waals surface area (Å²) in [6, 6.07) is 0.491. The van der Waals surface area contributed by atoms with Crippen molar-refractivity contribution in [2.75, 3.05) is 25.0 Å². The third-order valence-corrected chi connectivity index (χ3v) is 4.65. The molecule has 104 valence electrons. The van der Waals surface area contributed by atoms with Gasteiger partial charge in [-0.15, -0.1) is 0 Å². The van der Waals surface area contributed by atoms with Crippen molar-refractivity contribution < 1.29 is 0 Å². The summed E-state index contributed by atoms with van der Waals surface area (Å²) in [7, 11) is 1.94. The van der Waals surface area contributed by atoms with Gasteiger partial charge >= 0.3 is 0 Å². The number of nitrogens with zero attached hydrogens (tertiary/aromatic N) is 3. The van der Waals surface area contributed by atoms with Gasteiger partial charge in [-0.05, 0) is 38.8 Å². The fourth-order valence-corrected chi connectivity index (χ4v) is 3.67. The van der Waals surface area contributed by atoms with E-state index in [2.05, 4.69) is 15.3 Å². The van der Waals surface area contributed by atoms with Gasteiger partial charge in [-0.2, -0.15) is 5.10 Å². The summed E-state index contributed by atoms with van der Waals surface area (Å²) in [5.41, 5.74) is 7.64. The van der Waals surface area contributed by atoms with E-state index in [4.69, 9.17) is 18.0 Å². The molecular formula is C13H21N5S. The van der Waals surface area contributed by atoms with Crippen molar-refractivity contribution in [2.24, 2.45) is 18.7 Å². The van der Waals surface area contributed by atoms with Crippen molar-refractivity contribution in [2.45, 2.75) is 25.8 Å². The Labute approximate surface area is 119 Å². The molecule has 0 radical (unpaired) electrons. The lowest BCUT2D eigenvalue weighted by Gasteiger charge is -2.45. The molecule has 1 aromatic heterocycles. The Morgan fingerprint density at radius 2 is 2.11 bits per heavy atom. The van der Waals surface area contributed by atoms with Crippen molar-refractivity contribution in [1.82, 2.24) is 14.7 Å². The molecular weight excluding hydrogens is 258 g/mol. The first kappa shape index (κ1) is 12.9. The summed E-state index contributed by atoms with van der Waals surface area (Å²) < 4.78 is 1.86. The van der Waals surface area contributed by atoms with Gasteiger partial charge in [0.2, 0.25) is 0 Å². The molecule has 6 heteroatoms. The maximum atomic E-state index is 5.84. The van der Waals surface area contributed by atoms with E-state index in [9.17, 15) is 0 Å². The average molecular weight is 279 g/mol. The first-order chi connectivity index (χ1) is 9.06. The second-order valence-corrected chi connectivity index (χ2v) is 6.13. The smallest absolute Gasteiger partial charge is 0.134 e. The van der Waals surface area contributed by atoms with Crippen LogP contribution in [0.15, 0.2) is 0 Å². The van der Waals surface area contributed by atoms with Gasteiger partial charge in [0.1, 0.15) is 10.8 Å². The van der Waals surface area contributed by atoms with E-state index in [-0.39, 0.29) is 0 Å². The van der Waals surface area contributed by atoms with Crippen molar-refractivity contribution in [3.8, 4) is 0 Å². The van der Waals surface area contributed by atoms with Gasteiger partial charge in [0.25, 0.3) is 0 Å². The molecule has 3 saturated heterocycles. The van der Waals surface area contributed by atoms with Crippen LogP contribution in [0.4, 0.5) is 5.82 Å². The Bertz CT molecular complexity index is 501. The van der Waals surface area contributed by atoms with Crippen LogP contribution in [0, 0.1) is 12.8 Å². The van der Waals surface area contributed by atoms with Crippen molar-refractivity contribution in [3.63, 3.8) is 0 Å². The minimum Gasteiger partial charge on any atom is -0.389 e. The van der Waals surface area contributed by atoms with Crippen LogP contribution in [0.5, 0.6) is 0 Å². The van der Waals surface area contributed by atoms with E-state index < -0.39 is 0 Å². The molecule has 0 saturated carbocycles. The summed E-state index contributed by atoms with van der Waals surface area (Å²) in [5.74, 6) is 1.74. The van der Waals surface area contributed by atoms with E-state index in [1.807, 2.05) is 18.7 Å². The van der Waals surface area contributed by atoms with Crippen LogP contribution in [0.25, 0.3) is 0 Å². The fourth-order valence-electron chi connectivity index (χ4n) is 3.42. The molecule has 1 unspecified atom stereocenters. The molecule has 2 bridgehead atoms.